The Hall–Kier alpha value is -0.570. The van der Waals surface area contributed by atoms with E-state index in [9.17, 15) is 4.79 Å². The average Bonchev–Trinajstić information content (AvgIpc) is 2.66. The molecule has 1 fully saturated rings. The first kappa shape index (κ1) is 10.5. The van der Waals surface area contributed by atoms with E-state index in [0.717, 1.165) is 0 Å². The monoisotopic (exact) mass is 185 g/mol. The molecule has 0 radical (unpaired) electrons. The van der Waals surface area contributed by atoms with E-state index in [1.165, 1.54) is 32.8 Å². The highest BCUT2D eigenvalue weighted by molar-refractivity contribution is 5.69. The zero-order chi connectivity index (χ0) is 9.68. The summed E-state index contributed by atoms with van der Waals surface area (Å²) in [6.07, 6.45) is 5.64. The average molecular weight is 185 g/mol. The highest BCUT2D eigenvalue weighted by atomic mass is 16.5. The third kappa shape index (κ3) is 2.99. The molecule has 3 heteroatoms. The summed E-state index contributed by atoms with van der Waals surface area (Å²) in [6.45, 7) is 0. The topological polar surface area (TPSA) is 38.3 Å². The summed E-state index contributed by atoms with van der Waals surface area (Å²) in [7, 11) is 3.37. The van der Waals surface area contributed by atoms with Crippen LogP contribution in [0.15, 0.2) is 0 Å². The van der Waals surface area contributed by atoms with Gasteiger partial charge >= 0.3 is 5.97 Å². The lowest BCUT2D eigenvalue weighted by Gasteiger charge is -2.21. The lowest BCUT2D eigenvalue weighted by molar-refractivity contribution is -0.141. The molecule has 76 valence electrons. The minimum Gasteiger partial charge on any atom is -0.469 e. The van der Waals surface area contributed by atoms with Crippen LogP contribution in [0.2, 0.25) is 0 Å². The highest BCUT2D eigenvalue weighted by Crippen LogP contribution is 2.28. The van der Waals surface area contributed by atoms with E-state index in [0.29, 0.717) is 18.4 Å². The molecule has 0 heterocycles. The van der Waals surface area contributed by atoms with Gasteiger partial charge in [0, 0.05) is 6.04 Å². The summed E-state index contributed by atoms with van der Waals surface area (Å²) >= 11 is 0. The summed E-state index contributed by atoms with van der Waals surface area (Å²) in [4.78, 5) is 11.1. The van der Waals surface area contributed by atoms with Crippen LogP contribution < -0.4 is 5.32 Å². The second-order valence-corrected chi connectivity index (χ2v) is 3.72. The second kappa shape index (κ2) is 5.22. The van der Waals surface area contributed by atoms with E-state index in [4.69, 9.17) is 0 Å². The molecular formula is C10H19NO2. The third-order valence-electron chi connectivity index (χ3n) is 2.95. The van der Waals surface area contributed by atoms with Crippen LogP contribution in [0.4, 0.5) is 0 Å². The molecule has 1 atom stereocenters. The Morgan fingerprint density at radius 1 is 1.54 bits per heavy atom. The second-order valence-electron chi connectivity index (χ2n) is 3.72. The predicted molar refractivity (Wildman–Crippen MR) is 51.4 cm³/mol. The smallest absolute Gasteiger partial charge is 0.307 e. The molecule has 3 nitrogen and oxygen atoms in total. The molecule has 1 aliphatic rings. The number of carbonyl (C=O) groups is 1. The fraction of sp³-hybridized carbons (Fsp3) is 0.900. The minimum atomic E-state index is -0.105. The van der Waals surface area contributed by atoms with Gasteiger partial charge in [0.15, 0.2) is 0 Å². The molecule has 0 amide bonds. The van der Waals surface area contributed by atoms with Gasteiger partial charge in [0.05, 0.1) is 13.5 Å². The van der Waals surface area contributed by atoms with Crippen LogP contribution in [0, 0.1) is 5.92 Å². The fourth-order valence-electron chi connectivity index (χ4n) is 2.13. The van der Waals surface area contributed by atoms with E-state index in [1.54, 1.807) is 0 Å². The number of nitrogens with one attached hydrogen (secondary N) is 1. The first-order valence-corrected chi connectivity index (χ1v) is 5.02. The minimum absolute atomic E-state index is 0.105. The van der Waals surface area contributed by atoms with Gasteiger partial charge in [0.25, 0.3) is 0 Å². The van der Waals surface area contributed by atoms with Gasteiger partial charge in [-0.15, -0.1) is 0 Å². The van der Waals surface area contributed by atoms with Crippen molar-refractivity contribution in [3.8, 4) is 0 Å². The predicted octanol–water partition coefficient (Wildman–Crippen LogP) is 1.33. The number of esters is 1. The van der Waals surface area contributed by atoms with Crippen molar-refractivity contribution in [3.63, 3.8) is 0 Å². The Kier molecular flexibility index (Phi) is 4.22. The molecule has 1 rings (SSSR count). The molecule has 0 saturated heterocycles. The molecule has 1 unspecified atom stereocenters. The largest absolute Gasteiger partial charge is 0.469 e. The lowest BCUT2D eigenvalue weighted by atomic mass is 9.96. The summed E-state index contributed by atoms with van der Waals surface area (Å²) in [6, 6.07) is 0.315. The molecule has 13 heavy (non-hydrogen) atoms. The fourth-order valence-corrected chi connectivity index (χ4v) is 2.13. The molecule has 0 aromatic heterocycles. The van der Waals surface area contributed by atoms with E-state index in [2.05, 4.69) is 10.1 Å². The van der Waals surface area contributed by atoms with Crippen molar-refractivity contribution in [2.75, 3.05) is 14.2 Å². The molecule has 0 aliphatic heterocycles. The maximum Gasteiger partial charge on any atom is 0.307 e. The first-order chi connectivity index (χ1) is 6.27. The van der Waals surface area contributed by atoms with Crippen LogP contribution in [-0.2, 0) is 9.53 Å². The standard InChI is InChI=1S/C10H19NO2/c1-11-9(7-10(12)13-2)8-5-3-4-6-8/h8-9,11H,3-7H2,1-2H3. The third-order valence-corrected chi connectivity index (χ3v) is 2.95. The van der Waals surface area contributed by atoms with E-state index < -0.39 is 0 Å². The van der Waals surface area contributed by atoms with Gasteiger partial charge in [0.2, 0.25) is 0 Å². The summed E-state index contributed by atoms with van der Waals surface area (Å²) in [5, 5.41) is 3.21. The molecular weight excluding hydrogens is 166 g/mol. The SMILES string of the molecule is CNC(CC(=O)OC)C1CCCC1. The normalized spacial score (nSPS) is 20.2. The molecule has 0 bridgehead atoms. The Balaban J connectivity index is 2.37. The van der Waals surface area contributed by atoms with Crippen molar-refractivity contribution in [1.82, 2.24) is 5.32 Å². The summed E-state index contributed by atoms with van der Waals surface area (Å²) in [5.74, 6) is 0.565. The van der Waals surface area contributed by atoms with Crippen LogP contribution in [0.25, 0.3) is 0 Å². The number of carbonyl (C=O) groups excluding carboxylic acids is 1. The van der Waals surface area contributed by atoms with Crippen LogP contribution >= 0.6 is 0 Å². The molecule has 0 spiro atoms. The quantitative estimate of drug-likeness (QED) is 0.671. The molecule has 1 aliphatic carbocycles. The van der Waals surface area contributed by atoms with Gasteiger partial charge in [-0.2, -0.15) is 0 Å². The maximum atomic E-state index is 11.1. The molecule has 1 saturated carbocycles. The van der Waals surface area contributed by atoms with Crippen molar-refractivity contribution >= 4 is 5.97 Å². The molecule has 0 aromatic rings. The molecule has 0 aromatic carbocycles. The molecule has 1 N–H and O–H groups in total. The number of ether oxygens (including phenoxy) is 1. The number of hydrogen-bond donors (Lipinski definition) is 1. The lowest BCUT2D eigenvalue weighted by Crippen LogP contribution is -2.34. The number of methoxy groups -OCH3 is 1. The van der Waals surface area contributed by atoms with Gasteiger partial charge in [0.1, 0.15) is 0 Å². The Morgan fingerprint density at radius 2 is 2.15 bits per heavy atom. The van der Waals surface area contributed by atoms with Crippen LogP contribution in [0.1, 0.15) is 32.1 Å². The van der Waals surface area contributed by atoms with E-state index >= 15 is 0 Å². The van der Waals surface area contributed by atoms with Gasteiger partial charge in [-0.1, -0.05) is 12.8 Å². The van der Waals surface area contributed by atoms with Crippen molar-refractivity contribution < 1.29 is 9.53 Å². The van der Waals surface area contributed by atoms with Gasteiger partial charge in [-0.3, -0.25) is 4.79 Å². The van der Waals surface area contributed by atoms with Crippen LogP contribution in [0.3, 0.4) is 0 Å². The van der Waals surface area contributed by atoms with E-state index in [1.807, 2.05) is 7.05 Å². The van der Waals surface area contributed by atoms with Crippen molar-refractivity contribution in [1.29, 1.82) is 0 Å². The van der Waals surface area contributed by atoms with Crippen molar-refractivity contribution in [3.05, 3.63) is 0 Å². The van der Waals surface area contributed by atoms with Gasteiger partial charge in [-0.05, 0) is 25.8 Å². The highest BCUT2D eigenvalue weighted by Gasteiger charge is 2.25. The van der Waals surface area contributed by atoms with Gasteiger partial charge in [-0.25, -0.2) is 0 Å². The zero-order valence-electron chi connectivity index (χ0n) is 8.51. The Labute approximate surface area is 79.8 Å². The number of rotatable bonds is 4. The van der Waals surface area contributed by atoms with Crippen LogP contribution in [-0.4, -0.2) is 26.2 Å². The summed E-state index contributed by atoms with van der Waals surface area (Å²) in [5.41, 5.74) is 0. The first-order valence-electron chi connectivity index (χ1n) is 5.02. The summed E-state index contributed by atoms with van der Waals surface area (Å²) < 4.78 is 4.66. The van der Waals surface area contributed by atoms with Crippen molar-refractivity contribution in [2.24, 2.45) is 5.92 Å². The number of hydrogen-bond acceptors (Lipinski definition) is 3. The Bertz CT molecular complexity index is 164. The Morgan fingerprint density at radius 3 is 2.62 bits per heavy atom. The van der Waals surface area contributed by atoms with Gasteiger partial charge < -0.3 is 10.1 Å². The zero-order valence-corrected chi connectivity index (χ0v) is 8.51. The van der Waals surface area contributed by atoms with Crippen molar-refractivity contribution in [2.45, 2.75) is 38.1 Å². The maximum absolute atomic E-state index is 11.1. The van der Waals surface area contributed by atoms with Crippen LogP contribution in [0.5, 0.6) is 0 Å². The van der Waals surface area contributed by atoms with E-state index in [-0.39, 0.29) is 5.97 Å².